The lowest BCUT2D eigenvalue weighted by Crippen LogP contribution is -2.42. The van der Waals surface area contributed by atoms with Crippen LogP contribution in [-0.2, 0) is 32.9 Å². The maximum atomic E-state index is 13.8. The van der Waals surface area contributed by atoms with E-state index in [1.807, 2.05) is 50.2 Å². The molecular formula is C25H27N5O3. The van der Waals surface area contributed by atoms with Gasteiger partial charge in [0, 0.05) is 38.0 Å². The summed E-state index contributed by atoms with van der Waals surface area (Å²) < 4.78 is 0. The van der Waals surface area contributed by atoms with Crippen LogP contribution >= 0.6 is 0 Å². The largest absolute Gasteiger partial charge is 0.340 e. The lowest BCUT2D eigenvalue weighted by atomic mass is 9.74. The maximum absolute atomic E-state index is 13.8. The number of aryl methyl sites for hydroxylation is 2. The summed E-state index contributed by atoms with van der Waals surface area (Å²) in [6.45, 7) is 4.24. The zero-order valence-electron chi connectivity index (χ0n) is 19.0. The number of nitrogens with zero attached hydrogens (tertiary/aromatic N) is 4. The van der Waals surface area contributed by atoms with Crippen molar-refractivity contribution < 1.29 is 14.4 Å². The van der Waals surface area contributed by atoms with Crippen molar-refractivity contribution in [2.75, 3.05) is 7.05 Å². The summed E-state index contributed by atoms with van der Waals surface area (Å²) in [6.07, 6.45) is 3.15. The van der Waals surface area contributed by atoms with E-state index in [-0.39, 0.29) is 37.1 Å². The Bertz CT molecular complexity index is 1190. The number of aromatic nitrogens is 3. The van der Waals surface area contributed by atoms with Crippen molar-refractivity contribution in [3.8, 4) is 0 Å². The first-order chi connectivity index (χ1) is 15.8. The lowest BCUT2D eigenvalue weighted by molar-refractivity contribution is -0.143. The number of H-pyrrole nitrogens is 1. The Morgan fingerprint density at radius 3 is 2.64 bits per heavy atom. The molecular weight excluding hydrogens is 418 g/mol. The monoisotopic (exact) mass is 445 g/mol. The van der Waals surface area contributed by atoms with Gasteiger partial charge < -0.3 is 4.90 Å². The molecule has 33 heavy (non-hydrogen) atoms. The molecule has 3 heterocycles. The summed E-state index contributed by atoms with van der Waals surface area (Å²) in [5, 5.41) is 7.06. The first-order valence-corrected chi connectivity index (χ1v) is 10.8. The number of hydrogen-bond acceptors (Lipinski definition) is 5. The average Bonchev–Trinajstić information content (AvgIpc) is 3.30. The molecule has 0 radical (unpaired) electrons. The molecule has 1 fully saturated rings. The molecule has 1 saturated heterocycles. The molecule has 1 unspecified atom stereocenters. The summed E-state index contributed by atoms with van der Waals surface area (Å²) in [5.41, 5.74) is 2.76. The fraction of sp³-hybridized carbons (Fsp3) is 0.320. The third-order valence-electron chi connectivity index (χ3n) is 6.17. The van der Waals surface area contributed by atoms with Crippen LogP contribution in [0.2, 0.25) is 0 Å². The van der Waals surface area contributed by atoms with E-state index in [1.165, 1.54) is 4.90 Å². The Morgan fingerprint density at radius 2 is 1.97 bits per heavy atom. The first-order valence-electron chi connectivity index (χ1n) is 10.8. The minimum Gasteiger partial charge on any atom is -0.340 e. The summed E-state index contributed by atoms with van der Waals surface area (Å²) in [6, 6.07) is 12.9. The molecule has 8 nitrogen and oxygen atoms in total. The number of likely N-dealkylation sites (tertiary alicyclic amines) is 1. The molecule has 1 aliphatic rings. The highest BCUT2D eigenvalue weighted by atomic mass is 16.2. The zero-order chi connectivity index (χ0) is 23.6. The van der Waals surface area contributed by atoms with Gasteiger partial charge >= 0.3 is 0 Å². The van der Waals surface area contributed by atoms with E-state index < -0.39 is 5.41 Å². The summed E-state index contributed by atoms with van der Waals surface area (Å²) >= 11 is 0. The second-order valence-electron chi connectivity index (χ2n) is 8.69. The van der Waals surface area contributed by atoms with Crippen molar-refractivity contribution >= 4 is 17.7 Å². The lowest BCUT2D eigenvalue weighted by Gasteiger charge is -2.30. The van der Waals surface area contributed by atoms with Crippen molar-refractivity contribution in [2.45, 2.75) is 45.2 Å². The van der Waals surface area contributed by atoms with Crippen molar-refractivity contribution in [3.63, 3.8) is 0 Å². The highest BCUT2D eigenvalue weighted by molar-refractivity contribution is 6.10. The Labute approximate surface area is 192 Å². The number of benzene rings is 1. The Balaban J connectivity index is 1.65. The van der Waals surface area contributed by atoms with E-state index in [4.69, 9.17) is 0 Å². The third-order valence-corrected chi connectivity index (χ3v) is 6.17. The number of aromatic amines is 1. The Morgan fingerprint density at radius 1 is 1.18 bits per heavy atom. The zero-order valence-corrected chi connectivity index (χ0v) is 19.0. The molecule has 1 aromatic carbocycles. The third kappa shape index (κ3) is 4.41. The average molecular weight is 446 g/mol. The highest BCUT2D eigenvalue weighted by Crippen LogP contribution is 2.42. The van der Waals surface area contributed by atoms with Gasteiger partial charge in [-0.1, -0.05) is 30.3 Å². The molecule has 0 saturated carbocycles. The van der Waals surface area contributed by atoms with Crippen LogP contribution in [0.25, 0.3) is 0 Å². The van der Waals surface area contributed by atoms with E-state index in [0.717, 1.165) is 28.1 Å². The van der Waals surface area contributed by atoms with E-state index in [9.17, 15) is 14.4 Å². The van der Waals surface area contributed by atoms with Gasteiger partial charge in [-0.15, -0.1) is 0 Å². The summed E-state index contributed by atoms with van der Waals surface area (Å²) in [5.74, 6) is -0.850. The second-order valence-corrected chi connectivity index (χ2v) is 8.69. The summed E-state index contributed by atoms with van der Waals surface area (Å²) in [7, 11) is 1.69. The van der Waals surface area contributed by atoms with Crippen LogP contribution in [0.4, 0.5) is 0 Å². The number of rotatable bonds is 7. The fourth-order valence-corrected chi connectivity index (χ4v) is 4.47. The second kappa shape index (κ2) is 8.97. The minimum atomic E-state index is -1.24. The molecule has 0 bridgehead atoms. The van der Waals surface area contributed by atoms with Gasteiger partial charge in [0.2, 0.25) is 17.7 Å². The maximum Gasteiger partial charge on any atom is 0.241 e. The van der Waals surface area contributed by atoms with E-state index in [1.54, 1.807) is 30.4 Å². The van der Waals surface area contributed by atoms with Crippen LogP contribution in [0.1, 0.15) is 40.9 Å². The molecule has 1 aliphatic heterocycles. The molecule has 4 rings (SSSR count). The number of imide groups is 1. The van der Waals surface area contributed by atoms with E-state index in [0.29, 0.717) is 6.54 Å². The van der Waals surface area contributed by atoms with Crippen molar-refractivity contribution in [3.05, 3.63) is 82.9 Å². The van der Waals surface area contributed by atoms with Gasteiger partial charge in [0.05, 0.1) is 24.2 Å². The fourth-order valence-electron chi connectivity index (χ4n) is 4.47. The van der Waals surface area contributed by atoms with Gasteiger partial charge in [-0.3, -0.25) is 29.4 Å². The van der Waals surface area contributed by atoms with Crippen molar-refractivity contribution in [1.82, 2.24) is 25.0 Å². The predicted octanol–water partition coefficient (Wildman–Crippen LogP) is 2.67. The van der Waals surface area contributed by atoms with Gasteiger partial charge in [0.15, 0.2) is 0 Å². The molecule has 0 spiro atoms. The number of carbonyl (C=O) groups is 3. The number of pyridine rings is 1. The topological polar surface area (TPSA) is 99.3 Å². The van der Waals surface area contributed by atoms with Crippen LogP contribution in [0.3, 0.4) is 0 Å². The quantitative estimate of drug-likeness (QED) is 0.564. The molecule has 1 N–H and O–H groups in total. The number of hydrogen-bond donors (Lipinski definition) is 1. The Kier molecular flexibility index (Phi) is 6.09. The highest BCUT2D eigenvalue weighted by Gasteiger charge is 2.54. The molecule has 170 valence electrons. The SMILES string of the molecule is Cc1cc(CN(C)C(=O)CC2(c3ccccc3C)CC(=O)N(Cc3cccnc3)C2=O)n[nH]1. The van der Waals surface area contributed by atoms with Gasteiger partial charge in [0.25, 0.3) is 0 Å². The van der Waals surface area contributed by atoms with Gasteiger partial charge in [-0.2, -0.15) is 5.10 Å². The number of nitrogens with one attached hydrogen (secondary N) is 1. The van der Waals surface area contributed by atoms with Crippen molar-refractivity contribution in [2.24, 2.45) is 0 Å². The smallest absolute Gasteiger partial charge is 0.241 e. The molecule has 3 aromatic rings. The van der Waals surface area contributed by atoms with Crippen LogP contribution < -0.4 is 0 Å². The first kappa shape index (κ1) is 22.4. The van der Waals surface area contributed by atoms with E-state index in [2.05, 4.69) is 15.2 Å². The number of amides is 3. The van der Waals surface area contributed by atoms with Gasteiger partial charge in [-0.05, 0) is 42.7 Å². The van der Waals surface area contributed by atoms with Crippen LogP contribution in [0.5, 0.6) is 0 Å². The normalized spacial score (nSPS) is 18.1. The van der Waals surface area contributed by atoms with Gasteiger partial charge in [0.1, 0.15) is 0 Å². The number of carbonyl (C=O) groups excluding carboxylic acids is 3. The molecule has 2 aromatic heterocycles. The molecule has 0 aliphatic carbocycles. The predicted molar refractivity (Wildman–Crippen MR) is 122 cm³/mol. The standard InChI is InChI=1S/C25H27N5O3/c1-17-7-4-5-9-21(17)25(12-22(31)29(3)16-20-11-18(2)27-28-20)13-23(32)30(24(25)33)15-19-8-6-10-26-14-19/h4-11,14H,12-13,15-16H2,1-3H3,(H,27,28). The van der Waals surface area contributed by atoms with Crippen LogP contribution in [-0.4, -0.2) is 49.8 Å². The summed E-state index contributed by atoms with van der Waals surface area (Å²) in [4.78, 5) is 47.1. The minimum absolute atomic E-state index is 0.0436. The molecule has 3 amide bonds. The Hall–Kier alpha value is -3.81. The van der Waals surface area contributed by atoms with Crippen LogP contribution in [0.15, 0.2) is 54.9 Å². The molecule has 8 heteroatoms. The van der Waals surface area contributed by atoms with E-state index >= 15 is 0 Å². The molecule has 1 atom stereocenters. The van der Waals surface area contributed by atoms with Gasteiger partial charge in [-0.25, -0.2) is 0 Å². The van der Waals surface area contributed by atoms with Crippen LogP contribution in [0, 0.1) is 13.8 Å². The van der Waals surface area contributed by atoms with Crippen molar-refractivity contribution in [1.29, 1.82) is 0 Å².